The van der Waals surface area contributed by atoms with Crippen molar-refractivity contribution in [3.8, 4) is 0 Å². The molecule has 2 heterocycles. The number of aryl methyl sites for hydroxylation is 2. The third-order valence-electron chi connectivity index (χ3n) is 7.76. The lowest BCUT2D eigenvalue weighted by atomic mass is 9.48. The van der Waals surface area contributed by atoms with Gasteiger partial charge in [0.2, 0.25) is 5.91 Å². The van der Waals surface area contributed by atoms with Crippen LogP contribution in [-0.4, -0.2) is 46.1 Å². The van der Waals surface area contributed by atoms with Crippen LogP contribution in [0, 0.1) is 37.0 Å². The minimum atomic E-state index is -0.349. The molecule has 156 valence electrons. The third-order valence-corrected chi connectivity index (χ3v) is 7.76. The van der Waals surface area contributed by atoms with E-state index in [9.17, 15) is 9.59 Å². The number of hydrogen-bond donors (Lipinski definition) is 1. The number of ether oxygens (including phenoxy) is 1. The van der Waals surface area contributed by atoms with Crippen LogP contribution in [0.3, 0.4) is 0 Å². The molecule has 1 saturated heterocycles. The SMILES string of the molecule is Cc1cc(C)nc(C2CCN(C(=O)OC3[C@@H]4CC5C[C@@H]3CC(C(N)=O)(C5)C4)C2)n1. The normalized spacial score (nSPS) is 37.7. The molecule has 1 aliphatic heterocycles. The molecule has 0 spiro atoms. The van der Waals surface area contributed by atoms with Crippen LogP contribution in [-0.2, 0) is 9.53 Å². The Hall–Kier alpha value is -2.18. The average molecular weight is 399 g/mol. The summed E-state index contributed by atoms with van der Waals surface area (Å²) < 4.78 is 6.06. The quantitative estimate of drug-likeness (QED) is 0.844. The monoisotopic (exact) mass is 398 g/mol. The van der Waals surface area contributed by atoms with E-state index < -0.39 is 0 Å². The van der Waals surface area contributed by atoms with Gasteiger partial charge in [0.05, 0.1) is 5.41 Å². The number of likely N-dealkylation sites (tertiary alicyclic amines) is 1. The third kappa shape index (κ3) is 3.19. The van der Waals surface area contributed by atoms with E-state index in [1.165, 1.54) is 0 Å². The number of carbonyl (C=O) groups is 2. The molecule has 5 aliphatic rings. The second-order valence-corrected chi connectivity index (χ2v) is 9.90. The molecule has 4 aliphatic carbocycles. The molecule has 5 fully saturated rings. The first kappa shape index (κ1) is 18.8. The summed E-state index contributed by atoms with van der Waals surface area (Å²) >= 11 is 0. The smallest absolute Gasteiger partial charge is 0.410 e. The molecule has 1 aromatic rings. The number of hydrogen-bond acceptors (Lipinski definition) is 5. The van der Waals surface area contributed by atoms with E-state index >= 15 is 0 Å². The molecule has 1 unspecified atom stereocenters. The van der Waals surface area contributed by atoms with Gasteiger partial charge in [0.15, 0.2) is 0 Å². The van der Waals surface area contributed by atoms with Gasteiger partial charge in [-0.15, -0.1) is 0 Å². The standard InChI is InChI=1S/C22H30N4O3/c1-12-5-13(2)25-19(24-12)15-3-4-26(11-15)21(28)29-18-16-6-14-7-17(18)10-22(8-14,9-16)20(23)27/h5,14-18H,3-4,6-11H2,1-2H3,(H2,23,27)/t14?,15?,16-,17-,18?,22?/m1/s1. The largest absolute Gasteiger partial charge is 0.446 e. The Morgan fingerprint density at radius 3 is 2.41 bits per heavy atom. The van der Waals surface area contributed by atoms with E-state index in [4.69, 9.17) is 10.5 Å². The lowest BCUT2D eigenvalue weighted by Gasteiger charge is -2.58. The minimum Gasteiger partial charge on any atom is -0.446 e. The fraction of sp³-hybridized carbons (Fsp3) is 0.727. The molecule has 2 amide bonds. The zero-order valence-corrected chi connectivity index (χ0v) is 17.3. The maximum Gasteiger partial charge on any atom is 0.410 e. The average Bonchev–Trinajstić information content (AvgIpc) is 3.13. The van der Waals surface area contributed by atoms with E-state index in [2.05, 4.69) is 9.97 Å². The topological polar surface area (TPSA) is 98.4 Å². The van der Waals surface area contributed by atoms with Gasteiger partial charge >= 0.3 is 6.09 Å². The number of nitrogens with zero attached hydrogens (tertiary/aromatic N) is 3. The molecule has 0 aromatic carbocycles. The number of aromatic nitrogens is 2. The van der Waals surface area contributed by atoms with E-state index in [1.54, 1.807) is 4.90 Å². The van der Waals surface area contributed by atoms with Gasteiger partial charge in [-0.05, 0) is 76.2 Å². The zero-order chi connectivity index (χ0) is 20.3. The summed E-state index contributed by atoms with van der Waals surface area (Å²) in [6.07, 6.45) is 5.19. The molecule has 3 atom stereocenters. The van der Waals surface area contributed by atoms with Crippen molar-refractivity contribution in [2.24, 2.45) is 28.9 Å². The van der Waals surface area contributed by atoms with E-state index in [1.807, 2.05) is 19.9 Å². The van der Waals surface area contributed by atoms with Crippen LogP contribution in [0.2, 0.25) is 0 Å². The van der Waals surface area contributed by atoms with E-state index in [0.29, 0.717) is 19.0 Å². The first-order valence-electron chi connectivity index (χ1n) is 10.9. The van der Waals surface area contributed by atoms with Gasteiger partial charge in [-0.25, -0.2) is 14.8 Å². The minimum absolute atomic E-state index is 0.0666. The summed E-state index contributed by atoms with van der Waals surface area (Å²) in [6.45, 7) is 5.24. The van der Waals surface area contributed by atoms with Crippen LogP contribution in [0.25, 0.3) is 0 Å². The van der Waals surface area contributed by atoms with E-state index in [0.717, 1.165) is 55.7 Å². The van der Waals surface area contributed by atoms with Crippen LogP contribution >= 0.6 is 0 Å². The van der Waals surface area contributed by atoms with Crippen LogP contribution in [0.15, 0.2) is 6.07 Å². The van der Waals surface area contributed by atoms with Crippen LogP contribution in [0.1, 0.15) is 61.7 Å². The summed E-state index contributed by atoms with van der Waals surface area (Å²) in [6, 6.07) is 1.97. The summed E-state index contributed by atoms with van der Waals surface area (Å²) in [5.41, 5.74) is 7.34. The number of nitrogens with two attached hydrogens (primary N) is 1. The second kappa shape index (κ2) is 6.67. The predicted molar refractivity (Wildman–Crippen MR) is 106 cm³/mol. The Labute approximate surface area is 171 Å². The van der Waals surface area contributed by atoms with Gasteiger partial charge in [0.1, 0.15) is 11.9 Å². The maximum atomic E-state index is 12.9. The zero-order valence-electron chi connectivity index (χ0n) is 17.3. The Bertz CT molecular complexity index is 820. The fourth-order valence-electron chi connectivity index (χ4n) is 6.74. The predicted octanol–water partition coefficient (Wildman–Crippen LogP) is 2.70. The summed E-state index contributed by atoms with van der Waals surface area (Å²) in [5.74, 6) is 1.96. The summed E-state index contributed by atoms with van der Waals surface area (Å²) in [5, 5.41) is 0. The Kier molecular flexibility index (Phi) is 4.33. The van der Waals surface area contributed by atoms with Crippen molar-refractivity contribution in [3.63, 3.8) is 0 Å². The molecular formula is C22H30N4O3. The Morgan fingerprint density at radius 2 is 1.79 bits per heavy atom. The molecule has 29 heavy (non-hydrogen) atoms. The number of carbonyl (C=O) groups excluding carboxylic acids is 2. The van der Waals surface area contributed by atoms with Gasteiger partial charge < -0.3 is 15.4 Å². The van der Waals surface area contributed by atoms with Crippen molar-refractivity contribution < 1.29 is 14.3 Å². The molecule has 6 rings (SSSR count). The van der Waals surface area contributed by atoms with Crippen LogP contribution in [0.5, 0.6) is 0 Å². The molecule has 7 nitrogen and oxygen atoms in total. The Morgan fingerprint density at radius 1 is 1.14 bits per heavy atom. The van der Waals surface area contributed by atoms with Crippen LogP contribution < -0.4 is 5.73 Å². The van der Waals surface area contributed by atoms with Gasteiger partial charge in [-0.2, -0.15) is 0 Å². The van der Waals surface area contributed by atoms with E-state index in [-0.39, 0.29) is 41.3 Å². The Balaban J connectivity index is 1.24. The second-order valence-electron chi connectivity index (χ2n) is 9.90. The highest BCUT2D eigenvalue weighted by Crippen LogP contribution is 2.60. The lowest BCUT2D eigenvalue weighted by Crippen LogP contribution is -2.59. The van der Waals surface area contributed by atoms with Gasteiger partial charge in [-0.3, -0.25) is 4.79 Å². The molecular weight excluding hydrogens is 368 g/mol. The molecule has 0 radical (unpaired) electrons. The molecule has 4 bridgehead atoms. The highest BCUT2D eigenvalue weighted by molar-refractivity contribution is 5.81. The van der Waals surface area contributed by atoms with Gasteiger partial charge in [0, 0.05) is 30.4 Å². The first-order chi connectivity index (χ1) is 13.8. The van der Waals surface area contributed by atoms with Crippen molar-refractivity contribution in [1.82, 2.24) is 14.9 Å². The summed E-state index contributed by atoms with van der Waals surface area (Å²) in [4.78, 5) is 36.0. The van der Waals surface area contributed by atoms with Crippen molar-refractivity contribution in [1.29, 1.82) is 0 Å². The van der Waals surface area contributed by atoms with Gasteiger partial charge in [-0.1, -0.05) is 0 Å². The lowest BCUT2D eigenvalue weighted by molar-refractivity contribution is -0.161. The van der Waals surface area contributed by atoms with Crippen molar-refractivity contribution in [3.05, 3.63) is 23.3 Å². The number of primary amides is 1. The number of amides is 2. The highest BCUT2D eigenvalue weighted by Gasteiger charge is 2.59. The van der Waals surface area contributed by atoms with Crippen molar-refractivity contribution in [2.45, 2.75) is 64.4 Å². The van der Waals surface area contributed by atoms with Crippen LogP contribution in [0.4, 0.5) is 4.79 Å². The highest BCUT2D eigenvalue weighted by atomic mass is 16.6. The van der Waals surface area contributed by atoms with Crippen molar-refractivity contribution >= 4 is 12.0 Å². The summed E-state index contributed by atoms with van der Waals surface area (Å²) in [7, 11) is 0. The van der Waals surface area contributed by atoms with Crippen molar-refractivity contribution in [2.75, 3.05) is 13.1 Å². The molecule has 2 N–H and O–H groups in total. The molecule has 1 aromatic heterocycles. The molecule has 4 saturated carbocycles. The number of rotatable bonds is 3. The van der Waals surface area contributed by atoms with Gasteiger partial charge in [0.25, 0.3) is 0 Å². The fourth-order valence-corrected chi connectivity index (χ4v) is 6.74. The first-order valence-corrected chi connectivity index (χ1v) is 10.9. The molecule has 7 heteroatoms. The maximum absolute atomic E-state index is 12.9.